The Hall–Kier alpha value is -3.24. The van der Waals surface area contributed by atoms with Crippen molar-refractivity contribution in [2.75, 3.05) is 18.4 Å². The Labute approximate surface area is 179 Å². The van der Waals surface area contributed by atoms with Crippen LogP contribution in [-0.4, -0.2) is 47.2 Å². The van der Waals surface area contributed by atoms with Gasteiger partial charge in [0.05, 0.1) is 11.2 Å². The molecule has 9 nitrogen and oxygen atoms in total. The van der Waals surface area contributed by atoms with Crippen molar-refractivity contribution in [1.29, 1.82) is 0 Å². The van der Waals surface area contributed by atoms with Crippen LogP contribution in [0.3, 0.4) is 0 Å². The van der Waals surface area contributed by atoms with Gasteiger partial charge in [-0.25, -0.2) is 8.42 Å². The van der Waals surface area contributed by atoms with Crippen LogP contribution in [0.2, 0.25) is 0 Å². The molecule has 3 heterocycles. The predicted octanol–water partition coefficient (Wildman–Crippen LogP) is 1.71. The molecule has 3 aromatic rings. The molecule has 0 bridgehead atoms. The van der Waals surface area contributed by atoms with E-state index in [1.807, 2.05) is 24.3 Å². The van der Waals surface area contributed by atoms with E-state index in [0.29, 0.717) is 24.0 Å². The average molecular weight is 442 g/mol. The quantitative estimate of drug-likeness (QED) is 0.623. The minimum atomic E-state index is -3.77. The van der Waals surface area contributed by atoms with Crippen LogP contribution in [0, 0.1) is 5.92 Å². The van der Waals surface area contributed by atoms with Crippen molar-refractivity contribution in [3.63, 3.8) is 0 Å². The summed E-state index contributed by atoms with van der Waals surface area (Å²) in [7, 11) is -2.20. The summed E-state index contributed by atoms with van der Waals surface area (Å²) >= 11 is 0. The van der Waals surface area contributed by atoms with Gasteiger partial charge in [-0.2, -0.15) is 4.31 Å². The van der Waals surface area contributed by atoms with Gasteiger partial charge in [-0.05, 0) is 31.0 Å². The first-order valence-electron chi connectivity index (χ1n) is 9.88. The molecule has 1 aliphatic heterocycles. The van der Waals surface area contributed by atoms with Crippen molar-refractivity contribution in [2.24, 2.45) is 18.7 Å². The lowest BCUT2D eigenvalue weighted by Gasteiger charge is -2.30. The smallest absolute Gasteiger partial charge is 0.265 e. The molecule has 2 amide bonds. The van der Waals surface area contributed by atoms with E-state index < -0.39 is 15.9 Å². The number of amides is 2. The number of carbonyl (C=O) groups excluding carboxylic acids is 2. The van der Waals surface area contributed by atoms with Crippen LogP contribution in [0.25, 0.3) is 10.9 Å². The zero-order valence-corrected chi connectivity index (χ0v) is 17.8. The molecule has 0 radical (unpaired) electrons. The fourth-order valence-corrected chi connectivity index (χ4v) is 5.41. The summed E-state index contributed by atoms with van der Waals surface area (Å²) in [5, 5.41) is 3.87. The summed E-state index contributed by atoms with van der Waals surface area (Å²) in [4.78, 5) is 28.6. The van der Waals surface area contributed by atoms with Crippen LogP contribution in [0.4, 0.5) is 5.69 Å². The Kier molecular flexibility index (Phi) is 5.50. The molecule has 0 aliphatic carbocycles. The van der Waals surface area contributed by atoms with Crippen molar-refractivity contribution in [3.8, 4) is 0 Å². The second kappa shape index (κ2) is 8.12. The summed E-state index contributed by atoms with van der Waals surface area (Å²) in [6.45, 7) is 0.435. The fraction of sp³-hybridized carbons (Fsp3) is 0.286. The molecular weight excluding hydrogens is 418 g/mol. The van der Waals surface area contributed by atoms with Crippen molar-refractivity contribution >= 4 is 38.4 Å². The third kappa shape index (κ3) is 4.04. The van der Waals surface area contributed by atoms with E-state index in [1.54, 1.807) is 19.3 Å². The number of nitrogens with zero attached hydrogens (tertiary/aromatic N) is 3. The van der Waals surface area contributed by atoms with Gasteiger partial charge in [0, 0.05) is 43.8 Å². The summed E-state index contributed by atoms with van der Waals surface area (Å²) in [6.07, 6.45) is 3.85. The highest BCUT2D eigenvalue weighted by molar-refractivity contribution is 7.89. The standard InChI is InChI=1S/C21H23N5O4S/c1-25-13-16(12-18(25)20(22)27)31(29,30)26-10-7-15(8-11-26)21(28)24-17-6-2-4-14-5-3-9-23-19(14)17/h2-6,9,12-13,15H,7-8,10-11H2,1H3,(H2,22,27)(H,24,28). The zero-order chi connectivity index (χ0) is 22.2. The summed E-state index contributed by atoms with van der Waals surface area (Å²) in [5.74, 6) is -1.14. The first-order chi connectivity index (χ1) is 14.8. The number of hydrogen-bond donors (Lipinski definition) is 2. The van der Waals surface area contributed by atoms with E-state index in [4.69, 9.17) is 5.73 Å². The Bertz CT molecular complexity index is 1250. The highest BCUT2D eigenvalue weighted by Crippen LogP contribution is 2.27. The molecule has 0 saturated carbocycles. The number of hydrogen-bond acceptors (Lipinski definition) is 5. The number of aromatic nitrogens is 2. The maximum absolute atomic E-state index is 12.9. The minimum Gasteiger partial charge on any atom is -0.364 e. The SMILES string of the molecule is Cn1cc(S(=O)(=O)N2CCC(C(=O)Nc3cccc4cccnc34)CC2)cc1C(N)=O. The number of para-hydroxylation sites is 1. The van der Waals surface area contributed by atoms with Gasteiger partial charge in [0.15, 0.2) is 0 Å². The Morgan fingerprint density at radius 1 is 1.16 bits per heavy atom. The predicted molar refractivity (Wildman–Crippen MR) is 116 cm³/mol. The van der Waals surface area contributed by atoms with Crippen molar-refractivity contribution in [1.82, 2.24) is 13.9 Å². The van der Waals surface area contributed by atoms with E-state index >= 15 is 0 Å². The van der Waals surface area contributed by atoms with Crippen LogP contribution in [0.15, 0.2) is 53.7 Å². The van der Waals surface area contributed by atoms with E-state index in [9.17, 15) is 18.0 Å². The highest BCUT2D eigenvalue weighted by atomic mass is 32.2. The van der Waals surface area contributed by atoms with E-state index in [0.717, 1.165) is 5.39 Å². The number of fused-ring (bicyclic) bond motifs is 1. The summed E-state index contributed by atoms with van der Waals surface area (Å²) < 4.78 is 28.6. The molecule has 0 atom stereocenters. The van der Waals surface area contributed by atoms with Gasteiger partial charge in [-0.15, -0.1) is 0 Å². The second-order valence-electron chi connectivity index (χ2n) is 7.58. The normalized spacial score (nSPS) is 15.8. The molecular formula is C21H23N5O4S. The first-order valence-corrected chi connectivity index (χ1v) is 11.3. The van der Waals surface area contributed by atoms with Gasteiger partial charge in [0.2, 0.25) is 15.9 Å². The first kappa shape index (κ1) is 21.0. The number of piperidine rings is 1. The number of nitrogens with one attached hydrogen (secondary N) is 1. The van der Waals surface area contributed by atoms with Gasteiger partial charge in [-0.1, -0.05) is 18.2 Å². The maximum Gasteiger partial charge on any atom is 0.265 e. The van der Waals surface area contributed by atoms with Crippen LogP contribution < -0.4 is 11.1 Å². The molecule has 1 saturated heterocycles. The summed E-state index contributed by atoms with van der Waals surface area (Å²) in [5.41, 5.74) is 6.76. The lowest BCUT2D eigenvalue weighted by atomic mass is 9.97. The number of sulfonamides is 1. The van der Waals surface area contributed by atoms with Gasteiger partial charge >= 0.3 is 0 Å². The third-order valence-corrected chi connectivity index (χ3v) is 7.45. The average Bonchev–Trinajstić information content (AvgIpc) is 3.17. The van der Waals surface area contributed by atoms with E-state index in [2.05, 4.69) is 10.3 Å². The van der Waals surface area contributed by atoms with E-state index in [-0.39, 0.29) is 35.5 Å². The largest absolute Gasteiger partial charge is 0.364 e. The van der Waals surface area contributed by atoms with Crippen molar-refractivity contribution in [2.45, 2.75) is 17.7 Å². The van der Waals surface area contributed by atoms with Crippen molar-refractivity contribution < 1.29 is 18.0 Å². The third-order valence-electron chi connectivity index (χ3n) is 5.59. The Balaban J connectivity index is 1.44. The number of pyridine rings is 1. The van der Waals surface area contributed by atoms with Gasteiger partial charge in [0.1, 0.15) is 10.6 Å². The molecule has 0 spiro atoms. The number of carbonyl (C=O) groups is 2. The monoisotopic (exact) mass is 441 g/mol. The molecule has 4 rings (SSSR count). The fourth-order valence-electron chi connectivity index (χ4n) is 3.87. The molecule has 1 aromatic carbocycles. The van der Waals surface area contributed by atoms with Gasteiger partial charge < -0.3 is 15.6 Å². The number of rotatable bonds is 5. The Morgan fingerprint density at radius 2 is 1.87 bits per heavy atom. The summed E-state index contributed by atoms with van der Waals surface area (Å²) in [6, 6.07) is 10.6. The molecule has 3 N–H and O–H groups in total. The number of nitrogens with two attached hydrogens (primary N) is 1. The molecule has 10 heteroatoms. The number of benzene rings is 1. The zero-order valence-electron chi connectivity index (χ0n) is 17.0. The molecule has 31 heavy (non-hydrogen) atoms. The highest BCUT2D eigenvalue weighted by Gasteiger charge is 2.33. The second-order valence-corrected chi connectivity index (χ2v) is 9.52. The van der Waals surface area contributed by atoms with Gasteiger partial charge in [-0.3, -0.25) is 14.6 Å². The van der Waals surface area contributed by atoms with Crippen LogP contribution in [0.1, 0.15) is 23.3 Å². The topological polar surface area (TPSA) is 127 Å². The molecule has 0 unspecified atom stereocenters. The van der Waals surface area contributed by atoms with Crippen LogP contribution in [-0.2, 0) is 21.9 Å². The number of anilines is 1. The maximum atomic E-state index is 12.9. The lowest BCUT2D eigenvalue weighted by molar-refractivity contribution is -0.120. The number of aryl methyl sites for hydroxylation is 1. The molecule has 1 fully saturated rings. The van der Waals surface area contributed by atoms with Crippen LogP contribution >= 0.6 is 0 Å². The minimum absolute atomic E-state index is 0.0218. The molecule has 162 valence electrons. The Morgan fingerprint density at radius 3 is 2.55 bits per heavy atom. The molecule has 2 aromatic heterocycles. The lowest BCUT2D eigenvalue weighted by Crippen LogP contribution is -2.41. The van der Waals surface area contributed by atoms with Gasteiger partial charge in [0.25, 0.3) is 5.91 Å². The van der Waals surface area contributed by atoms with E-state index in [1.165, 1.54) is 21.1 Å². The number of primary amides is 1. The molecule has 1 aliphatic rings. The van der Waals surface area contributed by atoms with Crippen LogP contribution in [0.5, 0.6) is 0 Å². The van der Waals surface area contributed by atoms with Crippen molar-refractivity contribution in [3.05, 3.63) is 54.5 Å².